The summed E-state index contributed by atoms with van der Waals surface area (Å²) in [5.41, 5.74) is 4.79. The number of aliphatic hydroxyl groups is 1. The number of aliphatic hydroxyl groups excluding tert-OH is 1. The van der Waals surface area contributed by atoms with E-state index in [2.05, 4.69) is 33.7 Å². The number of fused-ring (bicyclic) bond motifs is 2. The molecule has 190 valence electrons. The molecule has 3 aromatic rings. The first-order chi connectivity index (χ1) is 17.1. The molecule has 1 saturated carbocycles. The van der Waals surface area contributed by atoms with Crippen LogP contribution in [0.4, 0.5) is 13.2 Å². The summed E-state index contributed by atoms with van der Waals surface area (Å²) in [6, 6.07) is 19.7. The first-order valence-electron chi connectivity index (χ1n) is 11.8. The highest BCUT2D eigenvalue weighted by Gasteiger charge is 2.43. The van der Waals surface area contributed by atoms with Crippen LogP contribution >= 0.6 is 0 Å². The molecule has 0 saturated heterocycles. The molecule has 0 amide bonds. The summed E-state index contributed by atoms with van der Waals surface area (Å²) in [5, 5.41) is 11.4. The van der Waals surface area contributed by atoms with Crippen LogP contribution in [0.15, 0.2) is 77.7 Å². The van der Waals surface area contributed by atoms with Gasteiger partial charge in [0.05, 0.1) is 11.0 Å². The summed E-state index contributed by atoms with van der Waals surface area (Å²) in [6.07, 6.45) is -2.93. The number of sulfonamides is 1. The van der Waals surface area contributed by atoms with E-state index in [1.54, 1.807) is 0 Å². The van der Waals surface area contributed by atoms with Gasteiger partial charge in [0.15, 0.2) is 0 Å². The zero-order chi connectivity index (χ0) is 25.5. The second-order valence-corrected chi connectivity index (χ2v) is 11.1. The Balaban J connectivity index is 1.39. The van der Waals surface area contributed by atoms with Crippen molar-refractivity contribution in [3.63, 3.8) is 0 Å². The van der Waals surface area contributed by atoms with Crippen molar-refractivity contribution in [1.82, 2.24) is 4.72 Å². The van der Waals surface area contributed by atoms with Gasteiger partial charge in [0, 0.05) is 12.0 Å². The minimum absolute atomic E-state index is 0.0665. The topological polar surface area (TPSA) is 75.6 Å². The molecule has 1 unspecified atom stereocenters. The highest BCUT2D eigenvalue weighted by molar-refractivity contribution is 7.89. The predicted molar refractivity (Wildman–Crippen MR) is 128 cm³/mol. The monoisotopic (exact) mass is 517 g/mol. The average molecular weight is 518 g/mol. The molecule has 9 heteroatoms. The summed E-state index contributed by atoms with van der Waals surface area (Å²) >= 11 is 0. The molecule has 0 heterocycles. The molecular formula is C27H26F3NO4S. The van der Waals surface area contributed by atoms with Gasteiger partial charge in [0.2, 0.25) is 10.0 Å². The molecule has 0 radical (unpaired) electrons. The van der Waals surface area contributed by atoms with Crippen molar-refractivity contribution in [2.45, 2.75) is 55.0 Å². The van der Waals surface area contributed by atoms with Crippen molar-refractivity contribution in [2.75, 3.05) is 0 Å². The normalized spacial score (nSPS) is 22.5. The molecule has 36 heavy (non-hydrogen) atoms. The van der Waals surface area contributed by atoms with Crippen molar-refractivity contribution in [2.24, 2.45) is 5.92 Å². The maximum absolute atomic E-state index is 13.0. The third-order valence-corrected chi connectivity index (χ3v) is 8.71. The van der Waals surface area contributed by atoms with E-state index in [0.29, 0.717) is 12.8 Å². The molecular weight excluding hydrogens is 491 g/mol. The molecule has 2 N–H and O–H groups in total. The summed E-state index contributed by atoms with van der Waals surface area (Å²) in [5.74, 6) is -0.767. The van der Waals surface area contributed by atoms with Gasteiger partial charge in [-0.3, -0.25) is 0 Å². The summed E-state index contributed by atoms with van der Waals surface area (Å²) in [7, 11) is -4.07. The zero-order valence-electron chi connectivity index (χ0n) is 19.3. The first kappa shape index (κ1) is 24.8. The predicted octanol–water partition coefficient (Wildman–Crippen LogP) is 4.93. The van der Waals surface area contributed by atoms with Gasteiger partial charge in [0.1, 0.15) is 5.75 Å². The van der Waals surface area contributed by atoms with Gasteiger partial charge in [-0.2, -0.15) is 0 Å². The van der Waals surface area contributed by atoms with Crippen molar-refractivity contribution >= 4 is 10.0 Å². The SMILES string of the molecule is O=S(=O)(N[C@@H]1CCC(C2c3ccccc3CCc3ccccc32)[C@H]1O)c1ccc(OC(F)(F)F)cc1. The van der Waals surface area contributed by atoms with Crippen LogP contribution in [-0.4, -0.2) is 32.0 Å². The lowest BCUT2D eigenvalue weighted by atomic mass is 9.77. The maximum atomic E-state index is 13.0. The van der Waals surface area contributed by atoms with Gasteiger partial charge in [-0.15, -0.1) is 13.2 Å². The van der Waals surface area contributed by atoms with Gasteiger partial charge >= 0.3 is 6.36 Å². The highest BCUT2D eigenvalue weighted by Crippen LogP contribution is 2.45. The van der Waals surface area contributed by atoms with E-state index < -0.39 is 34.3 Å². The minimum Gasteiger partial charge on any atom is -0.406 e. The smallest absolute Gasteiger partial charge is 0.406 e. The van der Waals surface area contributed by atoms with E-state index >= 15 is 0 Å². The fourth-order valence-electron chi connectivity index (χ4n) is 5.62. The molecule has 0 spiro atoms. The van der Waals surface area contributed by atoms with Crippen molar-refractivity contribution < 1.29 is 31.4 Å². The molecule has 3 atom stereocenters. The summed E-state index contributed by atoms with van der Waals surface area (Å²) in [4.78, 5) is -0.196. The maximum Gasteiger partial charge on any atom is 0.573 e. The van der Waals surface area contributed by atoms with Crippen LogP contribution in [0, 0.1) is 5.92 Å². The number of aryl methyl sites for hydroxylation is 2. The zero-order valence-corrected chi connectivity index (χ0v) is 20.1. The van der Waals surface area contributed by atoms with Crippen LogP contribution in [0.5, 0.6) is 5.75 Å². The Morgan fingerprint density at radius 3 is 1.94 bits per heavy atom. The number of ether oxygens (including phenoxy) is 1. The van der Waals surface area contributed by atoms with E-state index in [9.17, 15) is 26.7 Å². The van der Waals surface area contributed by atoms with E-state index in [1.165, 1.54) is 11.1 Å². The number of benzene rings is 3. The molecule has 1 fully saturated rings. The van der Waals surface area contributed by atoms with Crippen LogP contribution in [0.2, 0.25) is 0 Å². The number of halogens is 3. The lowest BCUT2D eigenvalue weighted by molar-refractivity contribution is -0.274. The molecule has 0 bridgehead atoms. The molecule has 0 aliphatic heterocycles. The number of hydrogen-bond donors (Lipinski definition) is 2. The van der Waals surface area contributed by atoms with Gasteiger partial charge in [-0.1, -0.05) is 48.5 Å². The second kappa shape index (κ2) is 9.53. The quantitative estimate of drug-likeness (QED) is 0.503. The van der Waals surface area contributed by atoms with Crippen LogP contribution in [0.3, 0.4) is 0 Å². The number of hydrogen-bond acceptors (Lipinski definition) is 4. The fourth-order valence-corrected chi connectivity index (χ4v) is 6.91. The second-order valence-electron chi connectivity index (χ2n) is 9.35. The lowest BCUT2D eigenvalue weighted by Crippen LogP contribution is -2.42. The van der Waals surface area contributed by atoms with E-state index in [4.69, 9.17) is 0 Å². The Hall–Kier alpha value is -2.88. The fraction of sp³-hybridized carbons (Fsp3) is 0.333. The minimum atomic E-state index is -4.86. The Morgan fingerprint density at radius 1 is 0.833 bits per heavy atom. The van der Waals surface area contributed by atoms with Crippen molar-refractivity contribution in [3.8, 4) is 5.75 Å². The molecule has 3 aromatic carbocycles. The van der Waals surface area contributed by atoms with E-state index in [-0.39, 0.29) is 16.7 Å². The van der Waals surface area contributed by atoms with Crippen molar-refractivity contribution in [3.05, 3.63) is 95.1 Å². The van der Waals surface area contributed by atoms with Gasteiger partial charge in [-0.05, 0) is 78.1 Å². The number of nitrogens with one attached hydrogen (secondary N) is 1. The van der Waals surface area contributed by atoms with E-state index in [0.717, 1.165) is 48.2 Å². The molecule has 5 nitrogen and oxygen atoms in total. The first-order valence-corrected chi connectivity index (χ1v) is 13.3. The Morgan fingerprint density at radius 2 is 1.39 bits per heavy atom. The van der Waals surface area contributed by atoms with Crippen LogP contribution in [0.25, 0.3) is 0 Å². The average Bonchev–Trinajstić information content (AvgIpc) is 3.08. The third kappa shape index (κ3) is 5.00. The number of rotatable bonds is 5. The molecule has 2 aliphatic carbocycles. The Bertz CT molecular complexity index is 1290. The van der Waals surface area contributed by atoms with Gasteiger partial charge in [-0.25, -0.2) is 13.1 Å². The van der Waals surface area contributed by atoms with Gasteiger partial charge < -0.3 is 9.84 Å². The van der Waals surface area contributed by atoms with E-state index in [1.807, 2.05) is 24.3 Å². The Labute approximate surface area is 208 Å². The van der Waals surface area contributed by atoms with Crippen LogP contribution in [0.1, 0.15) is 41.0 Å². The van der Waals surface area contributed by atoms with Gasteiger partial charge in [0.25, 0.3) is 0 Å². The standard InChI is InChI=1S/C27H26F3NO4S/c28-27(29,30)35-19-11-13-20(14-12-19)36(33,34)31-24-16-15-23(26(24)32)25-21-7-3-1-5-17(21)9-10-18-6-2-4-8-22(18)25/h1-8,11-14,23-26,31-32H,9-10,15-16H2/t23?,24-,26-/m1/s1. The largest absolute Gasteiger partial charge is 0.573 e. The summed E-state index contributed by atoms with van der Waals surface area (Å²) < 4.78 is 69.6. The molecule has 2 aliphatic rings. The van der Waals surface area contributed by atoms with Crippen molar-refractivity contribution in [1.29, 1.82) is 0 Å². The molecule has 5 rings (SSSR count). The van der Waals surface area contributed by atoms with Crippen LogP contribution < -0.4 is 9.46 Å². The Kier molecular flexibility index (Phi) is 6.57. The molecule has 0 aromatic heterocycles. The lowest BCUT2D eigenvalue weighted by Gasteiger charge is -2.30. The third-order valence-electron chi connectivity index (χ3n) is 7.21. The summed E-state index contributed by atoms with van der Waals surface area (Å²) in [6.45, 7) is 0. The highest BCUT2D eigenvalue weighted by atomic mass is 32.2. The number of alkyl halides is 3. The van der Waals surface area contributed by atoms with Crippen LogP contribution in [-0.2, 0) is 22.9 Å².